The number of nitrogens with zero attached hydrogens (tertiary/aromatic N) is 5. The number of carbonyl (C=O) groups excluding carboxylic acids is 1. The van der Waals surface area contributed by atoms with Gasteiger partial charge in [-0.3, -0.25) is 9.97 Å². The number of amides is 1. The van der Waals surface area contributed by atoms with Crippen LogP contribution in [0, 0.1) is 0 Å². The van der Waals surface area contributed by atoms with Gasteiger partial charge < -0.3 is 19.5 Å². The fraction of sp³-hybridized carbons (Fsp3) is 0.485. The highest BCUT2D eigenvalue weighted by molar-refractivity contribution is 8.32. The van der Waals surface area contributed by atoms with E-state index in [0.29, 0.717) is 31.3 Å². The predicted octanol–water partition coefficient (Wildman–Crippen LogP) is 6.44. The molecule has 0 saturated heterocycles. The molecule has 2 atom stereocenters. The number of nitrogens with one attached hydrogen (secondary N) is 1. The standard InChI is InChI=1S/C33H44N6O4S/c1-33(2,3)43-32(40)36-24-11-7-12-25(18-24)42-30-14-8-13-27(37-30)31-26-19-28(23-10-9-15-34-20-23)35-21-29(26)39(38-31)22-41-16-17-44(4,5)6/h8-10,13-15,19-21,24-25H,7,11-12,16-18,22H2,1-6H3,(H,36,40)/t24-,25+/m0/s1. The summed E-state index contributed by atoms with van der Waals surface area (Å²) >= 11 is 0. The monoisotopic (exact) mass is 620 g/mol. The smallest absolute Gasteiger partial charge is 0.407 e. The van der Waals surface area contributed by atoms with Gasteiger partial charge in [0.1, 0.15) is 24.1 Å². The van der Waals surface area contributed by atoms with Crippen molar-refractivity contribution in [3.8, 4) is 28.5 Å². The van der Waals surface area contributed by atoms with Crippen LogP contribution in [0.5, 0.6) is 5.88 Å². The molecular weight excluding hydrogens is 576 g/mol. The van der Waals surface area contributed by atoms with Gasteiger partial charge in [-0.05, 0) is 83.1 Å². The van der Waals surface area contributed by atoms with E-state index in [9.17, 15) is 4.79 Å². The van der Waals surface area contributed by atoms with Crippen molar-refractivity contribution in [2.24, 2.45) is 0 Å². The third kappa shape index (κ3) is 8.69. The lowest BCUT2D eigenvalue weighted by Gasteiger charge is -2.30. The van der Waals surface area contributed by atoms with E-state index in [0.717, 1.165) is 52.9 Å². The molecule has 44 heavy (non-hydrogen) atoms. The van der Waals surface area contributed by atoms with Crippen LogP contribution in [-0.2, 0) is 16.2 Å². The Kier molecular flexibility index (Phi) is 9.75. The van der Waals surface area contributed by atoms with E-state index in [1.807, 2.05) is 68.0 Å². The molecule has 1 aliphatic rings. The summed E-state index contributed by atoms with van der Waals surface area (Å²) in [5, 5.41) is 8.88. The number of carbonyl (C=O) groups is 1. The molecule has 1 aliphatic carbocycles. The van der Waals surface area contributed by atoms with Crippen molar-refractivity contribution in [2.75, 3.05) is 31.1 Å². The highest BCUT2D eigenvalue weighted by Crippen LogP contribution is 2.34. The normalized spacial score (nSPS) is 17.8. The Hall–Kier alpha value is -3.70. The van der Waals surface area contributed by atoms with Crippen molar-refractivity contribution in [3.63, 3.8) is 0 Å². The highest BCUT2D eigenvalue weighted by atomic mass is 32.3. The first-order valence-electron chi connectivity index (χ1n) is 15.1. The van der Waals surface area contributed by atoms with Crippen molar-refractivity contribution in [3.05, 3.63) is 55.0 Å². The van der Waals surface area contributed by atoms with E-state index in [1.165, 1.54) is 0 Å². The van der Waals surface area contributed by atoms with Crippen molar-refractivity contribution in [2.45, 2.75) is 70.9 Å². The van der Waals surface area contributed by atoms with Gasteiger partial charge in [0.15, 0.2) is 0 Å². The number of hydrogen-bond donors (Lipinski definition) is 1. The molecule has 5 rings (SSSR count). The first-order valence-corrected chi connectivity index (χ1v) is 18.1. The lowest BCUT2D eigenvalue weighted by atomic mass is 9.93. The van der Waals surface area contributed by atoms with Crippen LogP contribution in [-0.4, -0.2) is 79.7 Å². The molecule has 1 N–H and O–H groups in total. The van der Waals surface area contributed by atoms with Gasteiger partial charge in [0, 0.05) is 47.6 Å². The quantitative estimate of drug-likeness (QED) is 0.202. The molecule has 0 spiro atoms. The molecule has 0 aliphatic heterocycles. The van der Waals surface area contributed by atoms with Crippen LogP contribution in [0.3, 0.4) is 0 Å². The summed E-state index contributed by atoms with van der Waals surface area (Å²) in [6, 6.07) is 11.7. The van der Waals surface area contributed by atoms with Gasteiger partial charge in [-0.1, -0.05) is 6.07 Å². The van der Waals surface area contributed by atoms with Crippen molar-refractivity contribution >= 4 is 27.0 Å². The summed E-state index contributed by atoms with van der Waals surface area (Å²) in [5.41, 5.74) is 3.50. The number of pyridine rings is 3. The molecule has 4 heterocycles. The van der Waals surface area contributed by atoms with Gasteiger partial charge in [-0.2, -0.15) is 5.10 Å². The third-order valence-electron chi connectivity index (χ3n) is 7.25. The summed E-state index contributed by atoms with van der Waals surface area (Å²) in [6.07, 6.45) is 15.2. The first kappa shape index (κ1) is 31.7. The summed E-state index contributed by atoms with van der Waals surface area (Å²) in [5.74, 6) is 1.55. The number of hydrogen-bond acceptors (Lipinski definition) is 8. The molecule has 1 saturated carbocycles. The third-order valence-corrected chi connectivity index (χ3v) is 8.64. The molecule has 0 radical (unpaired) electrons. The second kappa shape index (κ2) is 13.5. The Balaban J connectivity index is 1.37. The van der Waals surface area contributed by atoms with Crippen molar-refractivity contribution in [1.82, 2.24) is 30.0 Å². The summed E-state index contributed by atoms with van der Waals surface area (Å²) in [4.78, 5) is 26.2. The minimum absolute atomic E-state index is 0.00953. The maximum Gasteiger partial charge on any atom is 0.407 e. The molecule has 0 bridgehead atoms. The Bertz CT molecular complexity index is 1560. The second-order valence-electron chi connectivity index (χ2n) is 13.1. The number of ether oxygens (including phenoxy) is 3. The minimum Gasteiger partial charge on any atom is -0.474 e. The van der Waals surface area contributed by atoms with Crippen LogP contribution in [0.4, 0.5) is 4.79 Å². The molecule has 10 nitrogen and oxygen atoms in total. The Morgan fingerprint density at radius 2 is 1.93 bits per heavy atom. The van der Waals surface area contributed by atoms with Crippen molar-refractivity contribution in [1.29, 1.82) is 0 Å². The van der Waals surface area contributed by atoms with Gasteiger partial charge in [-0.15, -0.1) is 0 Å². The van der Waals surface area contributed by atoms with Crippen LogP contribution in [0.2, 0.25) is 0 Å². The molecule has 11 heteroatoms. The van der Waals surface area contributed by atoms with Gasteiger partial charge in [0.05, 0.1) is 29.7 Å². The van der Waals surface area contributed by atoms with Crippen LogP contribution < -0.4 is 10.1 Å². The highest BCUT2D eigenvalue weighted by Gasteiger charge is 2.27. The number of fused-ring (bicyclic) bond motifs is 1. The lowest BCUT2D eigenvalue weighted by molar-refractivity contribution is 0.0461. The summed E-state index contributed by atoms with van der Waals surface area (Å²) < 4.78 is 19.7. The van der Waals surface area contributed by atoms with E-state index >= 15 is 0 Å². The SMILES string of the molecule is CC(C)(C)OC(=O)N[C@H]1CCC[C@@H](Oc2cccc(-c3nn(COCCS(C)(C)C)c4cnc(-c5cccnc5)cc34)n2)C1. The zero-order chi connectivity index (χ0) is 31.3. The topological polar surface area (TPSA) is 113 Å². The van der Waals surface area contributed by atoms with E-state index in [2.05, 4.69) is 29.1 Å². The van der Waals surface area contributed by atoms with Crippen LogP contribution in [0.15, 0.2) is 55.0 Å². The number of aromatic nitrogens is 5. The lowest BCUT2D eigenvalue weighted by Crippen LogP contribution is -2.43. The minimum atomic E-state index is -0.653. The fourth-order valence-electron chi connectivity index (χ4n) is 5.13. The van der Waals surface area contributed by atoms with Gasteiger partial charge in [0.25, 0.3) is 0 Å². The van der Waals surface area contributed by atoms with Gasteiger partial charge >= 0.3 is 6.09 Å². The number of rotatable bonds is 10. The first-order chi connectivity index (χ1) is 20.9. The maximum atomic E-state index is 12.3. The van der Waals surface area contributed by atoms with E-state index in [-0.39, 0.29) is 12.1 Å². The molecule has 1 amide bonds. The predicted molar refractivity (Wildman–Crippen MR) is 176 cm³/mol. The van der Waals surface area contributed by atoms with Crippen LogP contribution in [0.1, 0.15) is 46.5 Å². The molecule has 4 aromatic heterocycles. The van der Waals surface area contributed by atoms with E-state index in [1.54, 1.807) is 12.4 Å². The van der Waals surface area contributed by atoms with Crippen LogP contribution in [0.25, 0.3) is 33.5 Å². The zero-order valence-electron chi connectivity index (χ0n) is 26.6. The Labute approximate surface area is 261 Å². The molecule has 0 aromatic carbocycles. The van der Waals surface area contributed by atoms with Gasteiger partial charge in [-0.25, -0.2) is 24.5 Å². The van der Waals surface area contributed by atoms with E-state index in [4.69, 9.17) is 29.3 Å². The molecule has 0 unspecified atom stereocenters. The second-order valence-corrected chi connectivity index (χ2v) is 17.7. The largest absolute Gasteiger partial charge is 0.474 e. The summed E-state index contributed by atoms with van der Waals surface area (Å²) in [7, 11) is -0.653. The van der Waals surface area contributed by atoms with Crippen LogP contribution >= 0.6 is 10.0 Å². The Morgan fingerprint density at radius 1 is 1.09 bits per heavy atom. The van der Waals surface area contributed by atoms with Gasteiger partial charge in [0.2, 0.25) is 5.88 Å². The molecular formula is C33H44N6O4S. The zero-order valence-corrected chi connectivity index (χ0v) is 27.4. The molecule has 4 aromatic rings. The maximum absolute atomic E-state index is 12.3. The van der Waals surface area contributed by atoms with Crippen molar-refractivity contribution < 1.29 is 19.0 Å². The van der Waals surface area contributed by atoms with E-state index < -0.39 is 21.7 Å². The number of alkyl carbamates (subject to hydrolysis) is 1. The summed E-state index contributed by atoms with van der Waals surface area (Å²) in [6.45, 7) is 6.58. The average Bonchev–Trinajstić information content (AvgIpc) is 3.32. The molecule has 236 valence electrons. The Morgan fingerprint density at radius 3 is 2.68 bits per heavy atom. The average molecular weight is 621 g/mol. The molecule has 1 fully saturated rings. The fourth-order valence-corrected chi connectivity index (χ4v) is 5.75.